The van der Waals surface area contributed by atoms with Gasteiger partial charge in [0, 0.05) is 11.4 Å². The van der Waals surface area contributed by atoms with Crippen molar-refractivity contribution in [1.82, 2.24) is 4.90 Å². The first-order valence-electron chi connectivity index (χ1n) is 14.9. The Hall–Kier alpha value is 0.920. The van der Waals surface area contributed by atoms with Crippen molar-refractivity contribution >= 4 is 32.9 Å². The highest BCUT2D eigenvalue weighted by atomic mass is 79.9. The van der Waals surface area contributed by atoms with E-state index >= 15 is 0 Å². The van der Waals surface area contributed by atoms with Gasteiger partial charge in [-0.1, -0.05) is 164 Å². The highest BCUT2D eigenvalue weighted by molar-refractivity contribution is 9.09. The summed E-state index contributed by atoms with van der Waals surface area (Å²) in [6, 6.07) is 0.810. The Balaban J connectivity index is 0. The lowest BCUT2D eigenvalue weighted by Crippen LogP contribution is -2.27. The van der Waals surface area contributed by atoms with Crippen LogP contribution < -0.4 is 0 Å². The fourth-order valence-electron chi connectivity index (χ4n) is 4.95. The normalized spacial score (nSPS) is 12.3. The van der Waals surface area contributed by atoms with Crippen LogP contribution in [0.15, 0.2) is 0 Å². The van der Waals surface area contributed by atoms with Crippen molar-refractivity contribution in [1.29, 1.82) is 0 Å². The molecule has 0 aliphatic heterocycles. The summed E-state index contributed by atoms with van der Waals surface area (Å²) >= 11 is 3.54. The van der Waals surface area contributed by atoms with Crippen molar-refractivity contribution in [2.24, 2.45) is 0 Å². The lowest BCUT2D eigenvalue weighted by Gasteiger charge is -2.24. The summed E-state index contributed by atoms with van der Waals surface area (Å²) in [5.74, 6) is 0. The van der Waals surface area contributed by atoms with Crippen LogP contribution in [0.1, 0.15) is 167 Å². The van der Waals surface area contributed by atoms with Crippen LogP contribution in [-0.2, 0) is 0 Å². The number of hydrogen-bond acceptors (Lipinski definition) is 1. The Morgan fingerprint density at radius 1 is 0.455 bits per heavy atom. The van der Waals surface area contributed by atoms with Crippen molar-refractivity contribution < 1.29 is 0 Å². The summed E-state index contributed by atoms with van der Waals surface area (Å²) in [6.45, 7) is 2.30. The van der Waals surface area contributed by atoms with Crippen LogP contribution in [0.4, 0.5) is 0 Å². The maximum Gasteiger partial charge on any atom is 0.00891 e. The molecule has 0 aromatic heterocycles. The van der Waals surface area contributed by atoms with Gasteiger partial charge in [-0.2, -0.15) is 0 Å². The molecule has 0 amide bonds. The van der Waals surface area contributed by atoms with Gasteiger partial charge in [-0.15, -0.1) is 17.0 Å². The van der Waals surface area contributed by atoms with E-state index in [9.17, 15) is 0 Å². The molecule has 0 spiro atoms. The molecule has 1 nitrogen and oxygen atoms in total. The third-order valence-corrected chi connectivity index (χ3v) is 7.85. The maximum atomic E-state index is 3.54. The van der Waals surface area contributed by atoms with Crippen LogP contribution in [0.25, 0.3) is 0 Å². The first-order valence-corrected chi connectivity index (χ1v) is 16.1. The molecule has 0 radical (unpaired) electrons. The minimum atomic E-state index is 0. The summed E-state index contributed by atoms with van der Waals surface area (Å²) in [7, 11) is 4.55. The average Bonchev–Trinajstić information content (AvgIpc) is 2.78. The SMILES string of the molecule is Br.CCCCCCCCCCCCCCCCCCCCCC(CCCCCCBr)N(C)C. The van der Waals surface area contributed by atoms with E-state index in [4.69, 9.17) is 0 Å². The molecule has 0 aliphatic carbocycles. The zero-order chi connectivity index (χ0) is 23.5. The van der Waals surface area contributed by atoms with E-state index in [0.717, 1.165) is 6.04 Å². The van der Waals surface area contributed by atoms with Crippen LogP contribution in [0.3, 0.4) is 0 Å². The van der Waals surface area contributed by atoms with E-state index in [2.05, 4.69) is 41.8 Å². The molecule has 1 unspecified atom stereocenters. The van der Waals surface area contributed by atoms with Crippen LogP contribution >= 0.6 is 32.9 Å². The number of unbranched alkanes of at least 4 members (excludes halogenated alkanes) is 21. The third-order valence-electron chi connectivity index (χ3n) is 7.29. The largest absolute Gasteiger partial charge is 0.306 e. The van der Waals surface area contributed by atoms with E-state index in [1.54, 1.807) is 0 Å². The van der Waals surface area contributed by atoms with Crippen LogP contribution in [0.5, 0.6) is 0 Å². The molecule has 0 fully saturated rings. The standard InChI is InChI=1S/C30H62BrN.BrH/c1-4-5-6-7-8-9-10-11-12-13-14-15-16-17-18-19-20-21-24-27-30(32(2)3)28-25-22-23-26-29-31;/h30H,4-29H2,1-3H3;1H. The average molecular weight is 598 g/mol. The summed E-state index contributed by atoms with van der Waals surface area (Å²) < 4.78 is 0. The molecule has 0 aliphatic rings. The van der Waals surface area contributed by atoms with E-state index in [1.165, 1.54) is 166 Å². The number of alkyl halides is 1. The Kier molecular flexibility index (Phi) is 33.8. The topological polar surface area (TPSA) is 3.24 Å². The molecular weight excluding hydrogens is 534 g/mol. The molecule has 0 saturated carbocycles. The molecular formula is C30H63Br2N. The molecule has 202 valence electrons. The quantitative estimate of drug-likeness (QED) is 0.0673. The van der Waals surface area contributed by atoms with E-state index in [0.29, 0.717) is 0 Å². The Morgan fingerprint density at radius 3 is 1.00 bits per heavy atom. The smallest absolute Gasteiger partial charge is 0.00891 e. The molecule has 3 heteroatoms. The molecule has 33 heavy (non-hydrogen) atoms. The van der Waals surface area contributed by atoms with E-state index in [1.807, 2.05) is 0 Å². The number of halogens is 2. The van der Waals surface area contributed by atoms with Gasteiger partial charge in [0.05, 0.1) is 0 Å². The van der Waals surface area contributed by atoms with Crippen LogP contribution in [0.2, 0.25) is 0 Å². The fraction of sp³-hybridized carbons (Fsp3) is 1.00. The molecule has 0 rings (SSSR count). The molecule has 0 N–H and O–H groups in total. The van der Waals surface area contributed by atoms with Crippen molar-refractivity contribution in [2.75, 3.05) is 19.4 Å². The lowest BCUT2D eigenvalue weighted by molar-refractivity contribution is 0.251. The Morgan fingerprint density at radius 2 is 0.727 bits per heavy atom. The van der Waals surface area contributed by atoms with Crippen LogP contribution in [0, 0.1) is 0 Å². The van der Waals surface area contributed by atoms with Gasteiger partial charge >= 0.3 is 0 Å². The number of nitrogens with zero attached hydrogens (tertiary/aromatic N) is 1. The monoisotopic (exact) mass is 595 g/mol. The Bertz CT molecular complexity index is 335. The van der Waals surface area contributed by atoms with Gasteiger partial charge in [-0.3, -0.25) is 0 Å². The fourth-order valence-corrected chi connectivity index (χ4v) is 5.34. The zero-order valence-electron chi connectivity index (χ0n) is 23.2. The predicted molar refractivity (Wildman–Crippen MR) is 163 cm³/mol. The molecule has 0 bridgehead atoms. The molecule has 0 aromatic rings. The first-order chi connectivity index (χ1) is 15.7. The van der Waals surface area contributed by atoms with Gasteiger partial charge in [0.25, 0.3) is 0 Å². The summed E-state index contributed by atoms with van der Waals surface area (Å²) in [6.07, 6.45) is 36.2. The molecule has 0 saturated heterocycles. The number of rotatable bonds is 27. The predicted octanol–water partition coefficient (Wildman–Crippen LogP) is 11.7. The van der Waals surface area contributed by atoms with E-state index in [-0.39, 0.29) is 17.0 Å². The second-order valence-corrected chi connectivity index (χ2v) is 11.5. The summed E-state index contributed by atoms with van der Waals surface area (Å²) in [5.41, 5.74) is 0. The van der Waals surface area contributed by atoms with Gasteiger partial charge in [0.1, 0.15) is 0 Å². The van der Waals surface area contributed by atoms with Gasteiger partial charge in [0.15, 0.2) is 0 Å². The lowest BCUT2D eigenvalue weighted by atomic mass is 9.99. The van der Waals surface area contributed by atoms with Gasteiger partial charge < -0.3 is 4.90 Å². The maximum absolute atomic E-state index is 3.54. The highest BCUT2D eigenvalue weighted by Gasteiger charge is 2.10. The van der Waals surface area contributed by atoms with Crippen molar-refractivity contribution in [2.45, 2.75) is 173 Å². The van der Waals surface area contributed by atoms with Crippen molar-refractivity contribution in [3.8, 4) is 0 Å². The van der Waals surface area contributed by atoms with Crippen LogP contribution in [-0.4, -0.2) is 30.4 Å². The molecule has 0 aromatic carbocycles. The minimum absolute atomic E-state index is 0. The molecule has 0 heterocycles. The van der Waals surface area contributed by atoms with Gasteiger partial charge in [-0.05, 0) is 33.4 Å². The third kappa shape index (κ3) is 29.0. The summed E-state index contributed by atoms with van der Waals surface area (Å²) in [5, 5.41) is 1.17. The second kappa shape index (κ2) is 31.0. The second-order valence-electron chi connectivity index (χ2n) is 10.7. The van der Waals surface area contributed by atoms with Crippen molar-refractivity contribution in [3.05, 3.63) is 0 Å². The van der Waals surface area contributed by atoms with Gasteiger partial charge in [-0.25, -0.2) is 0 Å². The Labute approximate surface area is 229 Å². The van der Waals surface area contributed by atoms with E-state index < -0.39 is 0 Å². The highest BCUT2D eigenvalue weighted by Crippen LogP contribution is 2.18. The number of hydrogen-bond donors (Lipinski definition) is 0. The summed E-state index contributed by atoms with van der Waals surface area (Å²) in [4.78, 5) is 2.47. The zero-order valence-corrected chi connectivity index (χ0v) is 26.5. The van der Waals surface area contributed by atoms with Gasteiger partial charge in [0.2, 0.25) is 0 Å². The van der Waals surface area contributed by atoms with Crippen molar-refractivity contribution in [3.63, 3.8) is 0 Å². The minimum Gasteiger partial charge on any atom is -0.306 e. The first kappa shape index (κ1) is 36.1. The molecule has 1 atom stereocenters.